The molecule has 0 radical (unpaired) electrons. The molecule has 16 heavy (non-hydrogen) atoms. The lowest BCUT2D eigenvalue weighted by molar-refractivity contribution is -0.131. The number of aliphatic hydroxyl groups excluding tert-OH is 4. The SMILES string of the molecule is CS(=O)(=O)O[C@@H]([C@H](O)[C@H](O)CO)[C@@H](O)C=O. The van der Waals surface area contributed by atoms with Crippen LogP contribution in [-0.4, -0.2) is 72.4 Å². The van der Waals surface area contributed by atoms with E-state index in [2.05, 4.69) is 4.18 Å². The Labute approximate surface area is 92.2 Å². The number of aldehydes is 1. The van der Waals surface area contributed by atoms with Crippen molar-refractivity contribution in [2.24, 2.45) is 0 Å². The molecule has 4 N–H and O–H groups in total. The van der Waals surface area contributed by atoms with Crippen molar-refractivity contribution in [2.75, 3.05) is 12.9 Å². The van der Waals surface area contributed by atoms with Crippen LogP contribution in [0, 0.1) is 0 Å². The fourth-order valence-electron chi connectivity index (χ4n) is 0.922. The predicted molar refractivity (Wildman–Crippen MR) is 50.9 cm³/mol. The van der Waals surface area contributed by atoms with Gasteiger partial charge < -0.3 is 25.2 Å². The smallest absolute Gasteiger partial charge is 0.264 e. The van der Waals surface area contributed by atoms with E-state index < -0.39 is 41.1 Å². The van der Waals surface area contributed by atoms with Crippen LogP contribution in [-0.2, 0) is 19.1 Å². The van der Waals surface area contributed by atoms with Crippen molar-refractivity contribution in [1.29, 1.82) is 0 Å². The minimum Gasteiger partial charge on any atom is -0.394 e. The summed E-state index contributed by atoms with van der Waals surface area (Å²) in [7, 11) is -4.04. The topological polar surface area (TPSA) is 141 Å². The van der Waals surface area contributed by atoms with Gasteiger partial charge in [-0.05, 0) is 0 Å². The Bertz CT molecular complexity index is 312. The molecule has 9 heteroatoms. The maximum absolute atomic E-state index is 10.8. The number of aliphatic hydroxyl groups is 4. The minimum atomic E-state index is -4.04. The maximum atomic E-state index is 10.8. The molecule has 0 aromatic carbocycles. The standard InChI is InChI=1S/C7H14O8S/c1-16(13,14)15-7(5(11)3-9)6(12)4(10)2-8/h3-8,10-12H,2H2,1H3/t4-,5+,6-,7-/m1/s1. The van der Waals surface area contributed by atoms with Gasteiger partial charge in [0.15, 0.2) is 6.29 Å². The fraction of sp³-hybridized carbons (Fsp3) is 0.857. The van der Waals surface area contributed by atoms with Crippen LogP contribution in [0.5, 0.6) is 0 Å². The third-order valence-corrected chi connectivity index (χ3v) is 2.25. The molecule has 0 spiro atoms. The molecule has 0 saturated heterocycles. The highest BCUT2D eigenvalue weighted by Crippen LogP contribution is 2.11. The van der Waals surface area contributed by atoms with E-state index in [1.807, 2.05) is 0 Å². The van der Waals surface area contributed by atoms with Gasteiger partial charge in [0.1, 0.15) is 24.4 Å². The number of carbonyl (C=O) groups excluding carboxylic acids is 1. The summed E-state index contributed by atoms with van der Waals surface area (Å²) < 4.78 is 25.8. The van der Waals surface area contributed by atoms with Gasteiger partial charge >= 0.3 is 0 Å². The molecule has 8 nitrogen and oxygen atoms in total. The molecule has 96 valence electrons. The zero-order chi connectivity index (χ0) is 12.9. The summed E-state index contributed by atoms with van der Waals surface area (Å²) in [4.78, 5) is 10.3. The lowest BCUT2D eigenvalue weighted by Crippen LogP contribution is -2.48. The quantitative estimate of drug-likeness (QED) is 0.273. The second-order valence-corrected chi connectivity index (χ2v) is 4.73. The summed E-state index contributed by atoms with van der Waals surface area (Å²) in [6.45, 7) is -0.879. The van der Waals surface area contributed by atoms with Crippen molar-refractivity contribution in [2.45, 2.75) is 24.4 Å². The zero-order valence-corrected chi connectivity index (χ0v) is 9.24. The summed E-state index contributed by atoms with van der Waals surface area (Å²) >= 11 is 0. The van der Waals surface area contributed by atoms with Crippen molar-refractivity contribution in [3.8, 4) is 0 Å². The normalized spacial score (nSPS) is 19.8. The summed E-state index contributed by atoms with van der Waals surface area (Å²) in [5, 5.41) is 36.0. The van der Waals surface area contributed by atoms with E-state index in [-0.39, 0.29) is 6.29 Å². The molecule has 0 aromatic rings. The van der Waals surface area contributed by atoms with Crippen molar-refractivity contribution in [3.05, 3.63) is 0 Å². The zero-order valence-electron chi connectivity index (χ0n) is 8.42. The number of hydrogen-bond donors (Lipinski definition) is 4. The highest BCUT2D eigenvalue weighted by atomic mass is 32.2. The molecule has 0 rings (SSSR count). The summed E-state index contributed by atoms with van der Waals surface area (Å²) in [5.74, 6) is 0. The second kappa shape index (κ2) is 6.23. The first-order valence-electron chi connectivity index (χ1n) is 4.21. The molecular weight excluding hydrogens is 244 g/mol. The number of carbonyl (C=O) groups is 1. The number of hydrogen-bond acceptors (Lipinski definition) is 8. The molecule has 4 atom stereocenters. The molecule has 0 aromatic heterocycles. The van der Waals surface area contributed by atoms with Gasteiger partial charge in [-0.3, -0.25) is 4.18 Å². The monoisotopic (exact) mass is 258 g/mol. The highest BCUT2D eigenvalue weighted by Gasteiger charge is 2.35. The lowest BCUT2D eigenvalue weighted by Gasteiger charge is -2.26. The van der Waals surface area contributed by atoms with E-state index in [1.54, 1.807) is 0 Å². The van der Waals surface area contributed by atoms with Crippen LogP contribution in [0.15, 0.2) is 0 Å². The van der Waals surface area contributed by atoms with Crippen LogP contribution in [0.25, 0.3) is 0 Å². The van der Waals surface area contributed by atoms with Crippen LogP contribution in [0.2, 0.25) is 0 Å². The van der Waals surface area contributed by atoms with E-state index in [1.165, 1.54) is 0 Å². The van der Waals surface area contributed by atoms with E-state index in [0.717, 1.165) is 0 Å². The first-order valence-corrected chi connectivity index (χ1v) is 6.03. The van der Waals surface area contributed by atoms with E-state index in [4.69, 9.17) is 15.3 Å². The Hall–Kier alpha value is -0.580. The van der Waals surface area contributed by atoms with E-state index in [9.17, 15) is 18.3 Å². The molecule has 0 bridgehead atoms. The minimum absolute atomic E-state index is 0.0524. The number of rotatable bonds is 7. The fourth-order valence-corrected chi connectivity index (χ4v) is 1.55. The molecule has 0 aliphatic carbocycles. The van der Waals surface area contributed by atoms with Gasteiger partial charge in [-0.25, -0.2) is 0 Å². The van der Waals surface area contributed by atoms with Gasteiger partial charge in [0.05, 0.1) is 12.9 Å². The summed E-state index contributed by atoms with van der Waals surface area (Å²) in [6, 6.07) is 0. The molecule has 0 unspecified atom stereocenters. The molecule has 0 aliphatic heterocycles. The second-order valence-electron chi connectivity index (χ2n) is 3.13. The van der Waals surface area contributed by atoms with Crippen LogP contribution < -0.4 is 0 Å². The summed E-state index contributed by atoms with van der Waals surface area (Å²) in [5.41, 5.74) is 0. The Balaban J connectivity index is 4.87. The molecule has 0 saturated carbocycles. The van der Waals surface area contributed by atoms with Crippen molar-refractivity contribution in [1.82, 2.24) is 0 Å². The molecular formula is C7H14O8S. The van der Waals surface area contributed by atoms with Crippen molar-refractivity contribution >= 4 is 16.4 Å². The van der Waals surface area contributed by atoms with Crippen molar-refractivity contribution in [3.63, 3.8) is 0 Å². The highest BCUT2D eigenvalue weighted by molar-refractivity contribution is 7.86. The molecule has 0 aliphatic rings. The molecule has 0 amide bonds. The van der Waals surface area contributed by atoms with Gasteiger partial charge in [0, 0.05) is 0 Å². The van der Waals surface area contributed by atoms with E-state index >= 15 is 0 Å². The molecule has 0 fully saturated rings. The van der Waals surface area contributed by atoms with Crippen LogP contribution in [0.4, 0.5) is 0 Å². The first kappa shape index (κ1) is 15.4. The average Bonchev–Trinajstić information content (AvgIpc) is 2.21. The third kappa shape index (κ3) is 4.96. The van der Waals surface area contributed by atoms with Gasteiger partial charge in [-0.2, -0.15) is 8.42 Å². The summed E-state index contributed by atoms with van der Waals surface area (Å²) in [6.07, 6.45) is -6.86. The first-order chi connectivity index (χ1) is 7.22. The van der Waals surface area contributed by atoms with Gasteiger partial charge in [-0.1, -0.05) is 0 Å². The van der Waals surface area contributed by atoms with Gasteiger partial charge in [0.25, 0.3) is 10.1 Å². The Kier molecular flexibility index (Phi) is 6.00. The van der Waals surface area contributed by atoms with Crippen LogP contribution in [0.1, 0.15) is 0 Å². The van der Waals surface area contributed by atoms with Crippen LogP contribution in [0.3, 0.4) is 0 Å². The van der Waals surface area contributed by atoms with Crippen molar-refractivity contribution < 1.29 is 37.8 Å². The largest absolute Gasteiger partial charge is 0.394 e. The van der Waals surface area contributed by atoms with Gasteiger partial charge in [-0.15, -0.1) is 0 Å². The maximum Gasteiger partial charge on any atom is 0.264 e. The Morgan fingerprint density at radius 1 is 1.31 bits per heavy atom. The third-order valence-electron chi connectivity index (χ3n) is 1.68. The Morgan fingerprint density at radius 3 is 2.12 bits per heavy atom. The average molecular weight is 258 g/mol. The lowest BCUT2D eigenvalue weighted by atomic mass is 10.0. The molecule has 0 heterocycles. The van der Waals surface area contributed by atoms with Gasteiger partial charge in [0.2, 0.25) is 0 Å². The Morgan fingerprint density at radius 2 is 1.81 bits per heavy atom. The van der Waals surface area contributed by atoms with Crippen LogP contribution >= 0.6 is 0 Å². The predicted octanol–water partition coefficient (Wildman–Crippen LogP) is -3.39. The van der Waals surface area contributed by atoms with E-state index in [0.29, 0.717) is 6.26 Å².